The molecule has 1 N–H and O–H groups in total. The van der Waals surface area contributed by atoms with E-state index in [2.05, 4.69) is 44.2 Å². The van der Waals surface area contributed by atoms with Crippen molar-refractivity contribution in [3.63, 3.8) is 0 Å². The number of likely N-dealkylation sites (N-methyl/N-ethyl adjacent to an activating group) is 1. The number of benzene rings is 1. The highest BCUT2D eigenvalue weighted by Crippen LogP contribution is 2.28. The number of nitrogens with zero attached hydrogens (tertiary/aromatic N) is 4. The summed E-state index contributed by atoms with van der Waals surface area (Å²) >= 11 is 0. The van der Waals surface area contributed by atoms with Crippen molar-refractivity contribution in [3.05, 3.63) is 24.3 Å². The molecule has 0 amide bonds. The summed E-state index contributed by atoms with van der Waals surface area (Å²) in [7, 11) is 5.64. The standard InChI is InChI=1S/C23H39N5O2.HI/c1-24-23(26(2)17-18-30-19-20-5-6-20)25-11-4-12-27-13-15-28(16-14-27)21-7-9-22(29-3)10-8-21;/h7-10,20H,4-6,11-19H2,1-3H3,(H,24,25);1H. The van der Waals surface area contributed by atoms with Crippen molar-refractivity contribution in [3.8, 4) is 5.75 Å². The number of aliphatic imine (C=N–C) groups is 1. The van der Waals surface area contributed by atoms with Crippen molar-refractivity contribution >= 4 is 35.6 Å². The van der Waals surface area contributed by atoms with Crippen molar-refractivity contribution in [2.45, 2.75) is 19.3 Å². The maximum absolute atomic E-state index is 5.74. The first kappa shape index (κ1) is 26.0. The molecular weight excluding hydrogens is 505 g/mol. The third-order valence-electron chi connectivity index (χ3n) is 5.94. The van der Waals surface area contributed by atoms with E-state index in [0.29, 0.717) is 0 Å². The predicted octanol–water partition coefficient (Wildman–Crippen LogP) is 2.76. The molecule has 1 aliphatic heterocycles. The lowest BCUT2D eigenvalue weighted by Crippen LogP contribution is -2.47. The number of hydrogen-bond acceptors (Lipinski definition) is 5. The first-order valence-corrected chi connectivity index (χ1v) is 11.3. The fraction of sp³-hybridized carbons (Fsp3) is 0.696. The minimum atomic E-state index is 0. The first-order chi connectivity index (χ1) is 14.7. The Hall–Kier alpha value is -1.26. The topological polar surface area (TPSA) is 52.6 Å². The molecule has 1 aromatic rings. The van der Waals surface area contributed by atoms with Crippen LogP contribution in [0.4, 0.5) is 5.69 Å². The molecule has 0 spiro atoms. The van der Waals surface area contributed by atoms with Crippen LogP contribution in [0.1, 0.15) is 19.3 Å². The van der Waals surface area contributed by atoms with Crippen LogP contribution in [0.2, 0.25) is 0 Å². The number of hydrogen-bond donors (Lipinski definition) is 1. The summed E-state index contributed by atoms with van der Waals surface area (Å²) in [4.78, 5) is 11.6. The summed E-state index contributed by atoms with van der Waals surface area (Å²) in [6, 6.07) is 8.38. The van der Waals surface area contributed by atoms with Gasteiger partial charge in [-0.25, -0.2) is 0 Å². The molecule has 1 heterocycles. The van der Waals surface area contributed by atoms with Gasteiger partial charge in [0.05, 0.1) is 13.7 Å². The molecule has 2 aliphatic rings. The van der Waals surface area contributed by atoms with Gasteiger partial charge in [-0.05, 0) is 56.0 Å². The van der Waals surface area contributed by atoms with Gasteiger partial charge < -0.3 is 24.6 Å². The number of methoxy groups -OCH3 is 1. The van der Waals surface area contributed by atoms with Crippen LogP contribution in [-0.4, -0.2) is 96.0 Å². The molecule has 0 bridgehead atoms. The maximum atomic E-state index is 5.74. The molecule has 8 heteroatoms. The maximum Gasteiger partial charge on any atom is 0.193 e. The SMILES string of the molecule is CN=C(NCCCN1CCN(c2ccc(OC)cc2)CC1)N(C)CCOCC1CC1.I. The van der Waals surface area contributed by atoms with Crippen LogP contribution in [0.3, 0.4) is 0 Å². The Kier molecular flexibility index (Phi) is 11.7. The highest BCUT2D eigenvalue weighted by molar-refractivity contribution is 14.0. The van der Waals surface area contributed by atoms with Gasteiger partial charge in [-0.1, -0.05) is 0 Å². The van der Waals surface area contributed by atoms with Gasteiger partial charge in [0.25, 0.3) is 0 Å². The van der Waals surface area contributed by atoms with Crippen LogP contribution >= 0.6 is 24.0 Å². The highest BCUT2D eigenvalue weighted by Gasteiger charge is 2.21. The second kappa shape index (κ2) is 14.0. The van der Waals surface area contributed by atoms with E-state index in [1.54, 1.807) is 7.11 Å². The van der Waals surface area contributed by atoms with Gasteiger partial charge >= 0.3 is 0 Å². The average molecular weight is 546 g/mol. The Morgan fingerprint density at radius 3 is 2.48 bits per heavy atom. The van der Waals surface area contributed by atoms with Crippen molar-refractivity contribution in [2.75, 3.05) is 85.1 Å². The van der Waals surface area contributed by atoms with Gasteiger partial charge in [0.2, 0.25) is 0 Å². The minimum Gasteiger partial charge on any atom is -0.497 e. The molecule has 31 heavy (non-hydrogen) atoms. The fourth-order valence-corrected chi connectivity index (χ4v) is 3.75. The third kappa shape index (κ3) is 9.02. The highest BCUT2D eigenvalue weighted by atomic mass is 127. The van der Waals surface area contributed by atoms with E-state index in [1.165, 1.54) is 18.5 Å². The Morgan fingerprint density at radius 2 is 1.87 bits per heavy atom. The number of ether oxygens (including phenoxy) is 2. The molecule has 7 nitrogen and oxygen atoms in total. The number of rotatable bonds is 11. The van der Waals surface area contributed by atoms with Gasteiger partial charge in [-0.3, -0.25) is 9.89 Å². The summed E-state index contributed by atoms with van der Waals surface area (Å²) in [5.41, 5.74) is 1.28. The van der Waals surface area contributed by atoms with Gasteiger partial charge in [0.1, 0.15) is 5.75 Å². The van der Waals surface area contributed by atoms with Crippen molar-refractivity contribution in [2.24, 2.45) is 10.9 Å². The van der Waals surface area contributed by atoms with E-state index in [0.717, 1.165) is 83.1 Å². The Balaban J connectivity index is 0.00000341. The smallest absolute Gasteiger partial charge is 0.193 e. The molecule has 0 radical (unpaired) electrons. The van der Waals surface area contributed by atoms with Crippen LogP contribution in [0, 0.1) is 5.92 Å². The predicted molar refractivity (Wildman–Crippen MR) is 139 cm³/mol. The Labute approximate surface area is 205 Å². The van der Waals surface area contributed by atoms with E-state index in [9.17, 15) is 0 Å². The van der Waals surface area contributed by atoms with Gasteiger partial charge in [0.15, 0.2) is 5.96 Å². The van der Waals surface area contributed by atoms with Crippen LogP contribution in [0.15, 0.2) is 29.3 Å². The molecule has 1 aromatic carbocycles. The molecule has 1 saturated heterocycles. The third-order valence-corrected chi connectivity index (χ3v) is 5.94. The Morgan fingerprint density at radius 1 is 1.16 bits per heavy atom. The molecule has 0 unspecified atom stereocenters. The second-order valence-electron chi connectivity index (χ2n) is 8.29. The monoisotopic (exact) mass is 545 g/mol. The molecular formula is C23H40IN5O2. The zero-order chi connectivity index (χ0) is 21.2. The average Bonchev–Trinajstić information content (AvgIpc) is 3.62. The van der Waals surface area contributed by atoms with Crippen molar-refractivity contribution < 1.29 is 9.47 Å². The van der Waals surface area contributed by atoms with Crippen LogP contribution in [0.25, 0.3) is 0 Å². The molecule has 0 atom stereocenters. The molecule has 1 saturated carbocycles. The summed E-state index contributed by atoms with van der Waals surface area (Å²) in [6.45, 7) is 9.00. The molecule has 1 aliphatic carbocycles. The largest absolute Gasteiger partial charge is 0.497 e. The zero-order valence-corrected chi connectivity index (χ0v) is 21.7. The van der Waals surface area contributed by atoms with Crippen molar-refractivity contribution in [1.29, 1.82) is 0 Å². The van der Waals surface area contributed by atoms with Gasteiger partial charge in [-0.2, -0.15) is 0 Å². The lowest BCUT2D eigenvalue weighted by molar-refractivity contribution is 0.115. The van der Waals surface area contributed by atoms with E-state index < -0.39 is 0 Å². The normalized spacial score (nSPS) is 17.3. The first-order valence-electron chi connectivity index (χ1n) is 11.3. The van der Waals surface area contributed by atoms with E-state index in [-0.39, 0.29) is 24.0 Å². The lowest BCUT2D eigenvalue weighted by atomic mass is 10.2. The fourth-order valence-electron chi connectivity index (χ4n) is 3.75. The van der Waals surface area contributed by atoms with Crippen LogP contribution in [-0.2, 0) is 4.74 Å². The van der Waals surface area contributed by atoms with Crippen LogP contribution in [0.5, 0.6) is 5.75 Å². The van der Waals surface area contributed by atoms with E-state index >= 15 is 0 Å². The van der Waals surface area contributed by atoms with E-state index in [1.807, 2.05) is 19.2 Å². The summed E-state index contributed by atoms with van der Waals surface area (Å²) in [5.74, 6) is 2.69. The number of nitrogens with one attached hydrogen (secondary N) is 1. The Bertz CT molecular complexity index is 646. The van der Waals surface area contributed by atoms with Crippen LogP contribution < -0.4 is 15.0 Å². The van der Waals surface area contributed by atoms with Gasteiger partial charge in [0, 0.05) is 65.7 Å². The number of anilines is 1. The summed E-state index contributed by atoms with van der Waals surface area (Å²) in [5, 5.41) is 3.49. The molecule has 3 rings (SSSR count). The molecule has 176 valence electrons. The molecule has 2 fully saturated rings. The second-order valence-corrected chi connectivity index (χ2v) is 8.29. The molecule has 0 aromatic heterocycles. The quantitative estimate of drug-likeness (QED) is 0.200. The van der Waals surface area contributed by atoms with Gasteiger partial charge in [-0.15, -0.1) is 24.0 Å². The summed E-state index contributed by atoms with van der Waals surface area (Å²) in [6.07, 6.45) is 3.80. The minimum absolute atomic E-state index is 0. The number of halogens is 1. The number of guanidine groups is 1. The lowest BCUT2D eigenvalue weighted by Gasteiger charge is -2.36. The number of piperazine rings is 1. The zero-order valence-electron chi connectivity index (χ0n) is 19.4. The van der Waals surface area contributed by atoms with Crippen molar-refractivity contribution in [1.82, 2.24) is 15.1 Å². The summed E-state index contributed by atoms with van der Waals surface area (Å²) < 4.78 is 11.0. The van der Waals surface area contributed by atoms with E-state index in [4.69, 9.17) is 9.47 Å².